The second-order valence-electron chi connectivity index (χ2n) is 3.49. The van der Waals surface area contributed by atoms with E-state index in [2.05, 4.69) is 9.72 Å². The number of imidazole rings is 1. The minimum Gasteiger partial charge on any atom is -0.449 e. The molecule has 6 heteroatoms. The summed E-state index contributed by atoms with van der Waals surface area (Å²) >= 11 is 0. The van der Waals surface area contributed by atoms with Crippen molar-refractivity contribution in [2.45, 2.75) is 0 Å². The van der Waals surface area contributed by atoms with Gasteiger partial charge in [-0.3, -0.25) is 0 Å². The molecule has 0 aliphatic heterocycles. The Hall–Kier alpha value is -2.24. The van der Waals surface area contributed by atoms with Gasteiger partial charge in [-0.05, 0) is 12.1 Å². The van der Waals surface area contributed by atoms with Crippen LogP contribution in [0.25, 0.3) is 5.65 Å². The first-order valence-corrected chi connectivity index (χ1v) is 4.63. The number of fused-ring (bicyclic) bond motifs is 1. The predicted molar refractivity (Wildman–Crippen MR) is 58.2 cm³/mol. The van der Waals surface area contributed by atoms with Crippen LogP contribution in [0.4, 0.5) is 10.5 Å². The highest BCUT2D eigenvalue weighted by molar-refractivity contribution is 5.61. The highest BCUT2D eigenvalue weighted by Crippen LogP contribution is 2.17. The molecule has 0 aliphatic carbocycles. The topological polar surface area (TPSA) is 67.1 Å². The lowest BCUT2D eigenvalue weighted by atomic mass is 10.4. The van der Waals surface area contributed by atoms with Crippen LogP contribution in [0.1, 0.15) is 0 Å². The maximum Gasteiger partial charge on any atom is 0.512 e. The van der Waals surface area contributed by atoms with Gasteiger partial charge in [0.2, 0.25) is 5.88 Å². The molecule has 0 aliphatic rings. The number of rotatable bonds is 2. The molecular formula is C10H11N3O3. The van der Waals surface area contributed by atoms with Gasteiger partial charge in [0.05, 0.1) is 11.9 Å². The second kappa shape index (κ2) is 3.73. The molecule has 0 spiro atoms. The zero-order valence-electron chi connectivity index (χ0n) is 8.91. The van der Waals surface area contributed by atoms with E-state index >= 15 is 0 Å². The molecule has 0 radical (unpaired) electrons. The summed E-state index contributed by atoms with van der Waals surface area (Å²) in [7, 11) is 3.85. The number of carbonyl (C=O) groups is 1. The van der Waals surface area contributed by atoms with Crippen LogP contribution in [0.15, 0.2) is 24.5 Å². The molecule has 84 valence electrons. The third kappa shape index (κ3) is 1.90. The minimum atomic E-state index is -1.36. The fraction of sp³-hybridized carbons (Fsp3) is 0.200. The third-order valence-corrected chi connectivity index (χ3v) is 2.12. The first-order valence-electron chi connectivity index (χ1n) is 4.63. The Labute approximate surface area is 91.7 Å². The molecule has 1 N–H and O–H groups in total. The van der Waals surface area contributed by atoms with Crippen LogP contribution in [0.2, 0.25) is 0 Å². The summed E-state index contributed by atoms with van der Waals surface area (Å²) in [6.07, 6.45) is 2.00. The van der Waals surface area contributed by atoms with E-state index in [1.165, 1.54) is 6.20 Å². The molecule has 16 heavy (non-hydrogen) atoms. The lowest BCUT2D eigenvalue weighted by Gasteiger charge is -2.11. The molecule has 0 bridgehead atoms. The largest absolute Gasteiger partial charge is 0.512 e. The number of anilines is 1. The molecule has 2 rings (SSSR count). The fourth-order valence-electron chi connectivity index (χ4n) is 1.36. The van der Waals surface area contributed by atoms with Crippen LogP contribution < -0.4 is 9.64 Å². The Morgan fingerprint density at radius 2 is 2.19 bits per heavy atom. The normalized spacial score (nSPS) is 10.4. The standard InChI is InChI=1S/C10H11N3O3/c1-12(2)7-3-4-8-11-9(16-10(14)15)6-13(8)5-7/h3-6H,1-2H3,(H,14,15). The van der Waals surface area contributed by atoms with E-state index in [0.29, 0.717) is 5.65 Å². The number of ether oxygens (including phenoxy) is 1. The average molecular weight is 221 g/mol. The summed E-state index contributed by atoms with van der Waals surface area (Å²) in [5, 5.41) is 8.46. The van der Waals surface area contributed by atoms with Crippen molar-refractivity contribution in [1.82, 2.24) is 9.38 Å². The Bertz CT molecular complexity index is 533. The zero-order valence-corrected chi connectivity index (χ0v) is 8.91. The molecule has 6 nitrogen and oxygen atoms in total. The summed E-state index contributed by atoms with van der Waals surface area (Å²) in [5.41, 5.74) is 1.63. The van der Waals surface area contributed by atoms with Crippen LogP contribution in [-0.2, 0) is 0 Å². The van der Waals surface area contributed by atoms with Crippen molar-refractivity contribution in [3.63, 3.8) is 0 Å². The number of carboxylic acid groups (broad SMARTS) is 1. The van der Waals surface area contributed by atoms with Crippen LogP contribution >= 0.6 is 0 Å². The van der Waals surface area contributed by atoms with Gasteiger partial charge in [0, 0.05) is 20.3 Å². The highest BCUT2D eigenvalue weighted by atomic mass is 16.7. The van der Waals surface area contributed by atoms with Gasteiger partial charge in [0.25, 0.3) is 0 Å². The monoisotopic (exact) mass is 221 g/mol. The lowest BCUT2D eigenvalue weighted by Crippen LogP contribution is -2.09. The van der Waals surface area contributed by atoms with Crippen molar-refractivity contribution >= 4 is 17.5 Å². The molecule has 0 fully saturated rings. The molecule has 0 saturated carbocycles. The molecule has 2 aromatic rings. The third-order valence-electron chi connectivity index (χ3n) is 2.12. The van der Waals surface area contributed by atoms with Crippen LogP contribution in [0.3, 0.4) is 0 Å². The maximum atomic E-state index is 10.3. The molecular weight excluding hydrogens is 210 g/mol. The Morgan fingerprint density at radius 3 is 2.81 bits per heavy atom. The maximum absolute atomic E-state index is 10.3. The lowest BCUT2D eigenvalue weighted by molar-refractivity contribution is 0.143. The number of hydrogen-bond donors (Lipinski definition) is 1. The van der Waals surface area contributed by atoms with Gasteiger partial charge in [-0.2, -0.15) is 4.98 Å². The highest BCUT2D eigenvalue weighted by Gasteiger charge is 2.07. The van der Waals surface area contributed by atoms with E-state index < -0.39 is 6.16 Å². The Balaban J connectivity index is 2.41. The van der Waals surface area contributed by atoms with Gasteiger partial charge in [0.15, 0.2) is 0 Å². The van der Waals surface area contributed by atoms with Gasteiger partial charge in [-0.1, -0.05) is 0 Å². The quantitative estimate of drug-likeness (QED) is 0.777. The van der Waals surface area contributed by atoms with Crippen LogP contribution in [-0.4, -0.2) is 34.7 Å². The van der Waals surface area contributed by atoms with E-state index in [1.54, 1.807) is 10.5 Å². The number of pyridine rings is 1. The van der Waals surface area contributed by atoms with E-state index in [4.69, 9.17) is 5.11 Å². The number of nitrogens with zero attached hydrogens (tertiary/aromatic N) is 3. The van der Waals surface area contributed by atoms with Crippen molar-refractivity contribution in [1.29, 1.82) is 0 Å². The summed E-state index contributed by atoms with van der Waals surface area (Å²) in [4.78, 5) is 16.3. The molecule has 0 saturated heterocycles. The summed E-state index contributed by atoms with van der Waals surface area (Å²) in [5.74, 6) is 0.0726. The fourth-order valence-corrected chi connectivity index (χ4v) is 1.36. The zero-order chi connectivity index (χ0) is 11.7. The summed E-state index contributed by atoms with van der Waals surface area (Å²) in [6.45, 7) is 0. The van der Waals surface area contributed by atoms with Crippen LogP contribution in [0.5, 0.6) is 5.88 Å². The first kappa shape index (κ1) is 10.3. The van der Waals surface area contributed by atoms with Crippen molar-refractivity contribution < 1.29 is 14.6 Å². The van der Waals surface area contributed by atoms with Crippen LogP contribution in [0, 0.1) is 0 Å². The van der Waals surface area contributed by atoms with E-state index in [0.717, 1.165) is 5.69 Å². The second-order valence-corrected chi connectivity index (χ2v) is 3.49. The van der Waals surface area contributed by atoms with Gasteiger partial charge in [-0.25, -0.2) is 4.79 Å². The molecule has 0 amide bonds. The molecule has 0 unspecified atom stereocenters. The first-order chi connectivity index (χ1) is 7.56. The van der Waals surface area contributed by atoms with Crippen molar-refractivity contribution in [2.24, 2.45) is 0 Å². The smallest absolute Gasteiger partial charge is 0.449 e. The Morgan fingerprint density at radius 1 is 1.44 bits per heavy atom. The van der Waals surface area contributed by atoms with E-state index in [9.17, 15) is 4.79 Å². The summed E-state index contributed by atoms with van der Waals surface area (Å²) < 4.78 is 6.19. The summed E-state index contributed by atoms with van der Waals surface area (Å²) in [6, 6.07) is 3.69. The van der Waals surface area contributed by atoms with E-state index in [-0.39, 0.29) is 5.88 Å². The molecule has 2 heterocycles. The van der Waals surface area contributed by atoms with E-state index in [1.807, 2.05) is 31.3 Å². The number of aromatic nitrogens is 2. The molecule has 2 aromatic heterocycles. The van der Waals surface area contributed by atoms with Gasteiger partial charge in [0.1, 0.15) is 5.65 Å². The number of hydrogen-bond acceptors (Lipinski definition) is 4. The van der Waals surface area contributed by atoms with Crippen molar-refractivity contribution in [3.05, 3.63) is 24.5 Å². The molecule has 0 atom stereocenters. The van der Waals surface area contributed by atoms with Gasteiger partial charge < -0.3 is 19.1 Å². The SMILES string of the molecule is CN(C)c1ccc2nc(OC(=O)O)cn2c1. The van der Waals surface area contributed by atoms with Gasteiger partial charge >= 0.3 is 6.16 Å². The van der Waals surface area contributed by atoms with Crippen molar-refractivity contribution in [3.8, 4) is 5.88 Å². The molecule has 0 aromatic carbocycles. The minimum absolute atomic E-state index is 0.0726. The van der Waals surface area contributed by atoms with Crippen molar-refractivity contribution in [2.75, 3.05) is 19.0 Å². The predicted octanol–water partition coefficient (Wildman–Crippen LogP) is 1.46. The van der Waals surface area contributed by atoms with Gasteiger partial charge in [-0.15, -0.1) is 0 Å². The Kier molecular flexibility index (Phi) is 2.40. The average Bonchev–Trinajstić information content (AvgIpc) is 2.56.